The molecule has 6 rings (SSSR count). The molecule has 0 unspecified atom stereocenters. The maximum Gasteiger partial charge on any atom is 0.0998 e. The van der Waals surface area contributed by atoms with E-state index in [1.807, 2.05) is 24.3 Å². The van der Waals surface area contributed by atoms with Gasteiger partial charge in [-0.25, -0.2) is 0 Å². The standard InChI is InChI=1S/2C15H19ClO/c2*1-14(2)8-7-12(15(14)10-17-15)9-11-3-5-13(16)6-4-11/h2*3-6,12H,7-10H2,1-2H3/t2*12-,15+/m10/s1. The highest BCUT2D eigenvalue weighted by molar-refractivity contribution is 6.30. The summed E-state index contributed by atoms with van der Waals surface area (Å²) in [7, 11) is 0. The largest absolute Gasteiger partial charge is 0.369 e. The highest BCUT2D eigenvalue weighted by Gasteiger charge is 2.65. The van der Waals surface area contributed by atoms with Gasteiger partial charge in [-0.1, -0.05) is 75.2 Å². The average Bonchev–Trinajstić information content (AvgIpc) is 3.70. The number of rotatable bonds is 4. The number of benzene rings is 2. The lowest BCUT2D eigenvalue weighted by molar-refractivity contribution is 0.136. The molecule has 2 aromatic carbocycles. The molecule has 0 N–H and O–H groups in total. The van der Waals surface area contributed by atoms with Gasteiger partial charge in [0.2, 0.25) is 0 Å². The third-order valence-electron chi connectivity index (χ3n) is 9.55. The molecule has 184 valence electrons. The number of hydrogen-bond acceptors (Lipinski definition) is 2. The van der Waals surface area contributed by atoms with Gasteiger partial charge in [-0.3, -0.25) is 0 Å². The predicted octanol–water partition coefficient (Wildman–Crippen LogP) is 8.18. The molecule has 2 nitrogen and oxygen atoms in total. The van der Waals surface area contributed by atoms with Crippen LogP contribution in [-0.2, 0) is 22.3 Å². The Balaban J connectivity index is 0.000000142. The van der Waals surface area contributed by atoms with Crippen LogP contribution in [0.3, 0.4) is 0 Å². The number of epoxide rings is 2. The van der Waals surface area contributed by atoms with Crippen molar-refractivity contribution < 1.29 is 9.47 Å². The molecule has 4 heteroatoms. The molecule has 2 spiro atoms. The number of hydrogen-bond donors (Lipinski definition) is 0. The van der Waals surface area contributed by atoms with Crippen LogP contribution >= 0.6 is 23.2 Å². The van der Waals surface area contributed by atoms with Gasteiger partial charge in [0, 0.05) is 10.0 Å². The normalized spacial score (nSPS) is 34.2. The highest BCUT2D eigenvalue weighted by Crippen LogP contribution is 2.60. The summed E-state index contributed by atoms with van der Waals surface area (Å²) < 4.78 is 11.7. The zero-order valence-electron chi connectivity index (χ0n) is 21.0. The van der Waals surface area contributed by atoms with Crippen molar-refractivity contribution in [1.29, 1.82) is 0 Å². The minimum Gasteiger partial charge on any atom is -0.369 e. The second kappa shape index (κ2) is 8.80. The molecule has 4 atom stereocenters. The molecule has 2 saturated carbocycles. The first-order chi connectivity index (χ1) is 16.1. The van der Waals surface area contributed by atoms with Crippen LogP contribution in [0.15, 0.2) is 48.5 Å². The van der Waals surface area contributed by atoms with Crippen LogP contribution < -0.4 is 0 Å². The summed E-state index contributed by atoms with van der Waals surface area (Å²) in [5, 5.41) is 1.63. The van der Waals surface area contributed by atoms with Gasteiger partial charge in [0.15, 0.2) is 0 Å². The first-order valence-electron chi connectivity index (χ1n) is 12.8. The fourth-order valence-corrected chi connectivity index (χ4v) is 7.07. The Hall–Kier alpha value is -1.06. The molecule has 2 aliphatic carbocycles. The molecule has 4 aliphatic rings. The lowest BCUT2D eigenvalue weighted by Gasteiger charge is -2.27. The lowest BCUT2D eigenvalue weighted by Crippen LogP contribution is -2.33. The minimum absolute atomic E-state index is 0.173. The van der Waals surface area contributed by atoms with Crippen molar-refractivity contribution in [2.45, 2.75) is 77.4 Å². The molecular formula is C30H38Cl2O2. The SMILES string of the molecule is CC1(C)CC[C@@H](Cc2ccc(Cl)cc2)[C@]12CO2.CC1(C)CC[C@H](Cc2ccc(Cl)cc2)[C@@]12CO2. The third-order valence-corrected chi connectivity index (χ3v) is 10.1. The van der Waals surface area contributed by atoms with Gasteiger partial charge in [-0.2, -0.15) is 0 Å². The molecule has 0 radical (unpaired) electrons. The molecule has 2 aliphatic heterocycles. The molecule has 0 aromatic heterocycles. The van der Waals surface area contributed by atoms with E-state index in [-0.39, 0.29) is 11.2 Å². The van der Waals surface area contributed by atoms with Gasteiger partial charge in [0.05, 0.1) is 24.4 Å². The Morgan fingerprint density at radius 3 is 1.26 bits per heavy atom. The van der Waals surface area contributed by atoms with Gasteiger partial charge in [-0.15, -0.1) is 0 Å². The molecular weight excluding hydrogens is 463 g/mol. The predicted molar refractivity (Wildman–Crippen MR) is 141 cm³/mol. The summed E-state index contributed by atoms with van der Waals surface area (Å²) in [6.45, 7) is 11.3. The van der Waals surface area contributed by atoms with Gasteiger partial charge >= 0.3 is 0 Å². The molecule has 34 heavy (non-hydrogen) atoms. The van der Waals surface area contributed by atoms with Crippen LogP contribution in [-0.4, -0.2) is 24.4 Å². The topological polar surface area (TPSA) is 25.1 Å². The van der Waals surface area contributed by atoms with E-state index in [4.69, 9.17) is 32.7 Å². The fraction of sp³-hybridized carbons (Fsp3) is 0.600. The molecule has 2 aromatic rings. The summed E-state index contributed by atoms with van der Waals surface area (Å²) >= 11 is 11.8. The van der Waals surface area contributed by atoms with Crippen molar-refractivity contribution in [2.75, 3.05) is 13.2 Å². The summed E-state index contributed by atoms with van der Waals surface area (Å²) in [6.07, 6.45) is 7.39. The van der Waals surface area contributed by atoms with Crippen LogP contribution in [0.5, 0.6) is 0 Å². The van der Waals surface area contributed by atoms with Crippen molar-refractivity contribution >= 4 is 23.2 Å². The van der Waals surface area contributed by atoms with E-state index < -0.39 is 0 Å². The highest BCUT2D eigenvalue weighted by atomic mass is 35.5. The smallest absolute Gasteiger partial charge is 0.0998 e. The Kier molecular flexibility index (Phi) is 6.37. The van der Waals surface area contributed by atoms with E-state index in [9.17, 15) is 0 Å². The third kappa shape index (κ3) is 4.45. The Bertz CT molecular complexity index is 918. The van der Waals surface area contributed by atoms with E-state index in [0.29, 0.717) is 22.7 Å². The molecule has 0 amide bonds. The monoisotopic (exact) mass is 500 g/mol. The van der Waals surface area contributed by atoms with Gasteiger partial charge < -0.3 is 9.47 Å². The fourth-order valence-electron chi connectivity index (χ4n) is 6.82. The summed E-state index contributed by atoms with van der Waals surface area (Å²) in [4.78, 5) is 0. The Morgan fingerprint density at radius 1 is 0.647 bits per heavy atom. The van der Waals surface area contributed by atoms with Gasteiger partial charge in [0.1, 0.15) is 0 Å². The summed E-state index contributed by atoms with van der Waals surface area (Å²) in [6, 6.07) is 16.5. The first-order valence-corrected chi connectivity index (χ1v) is 13.6. The van der Waals surface area contributed by atoms with E-state index in [1.165, 1.54) is 36.8 Å². The second-order valence-corrected chi connectivity index (χ2v) is 13.1. The van der Waals surface area contributed by atoms with Crippen LogP contribution in [0.4, 0.5) is 0 Å². The maximum absolute atomic E-state index is 5.92. The van der Waals surface area contributed by atoms with Crippen molar-refractivity contribution in [3.63, 3.8) is 0 Å². The zero-order chi connectivity index (χ0) is 24.2. The van der Waals surface area contributed by atoms with Gasteiger partial charge in [-0.05, 0) is 96.6 Å². The molecule has 2 heterocycles. The van der Waals surface area contributed by atoms with Gasteiger partial charge in [0.25, 0.3) is 0 Å². The lowest BCUT2D eigenvalue weighted by atomic mass is 9.77. The second-order valence-electron chi connectivity index (χ2n) is 12.3. The van der Waals surface area contributed by atoms with Crippen LogP contribution in [0.1, 0.15) is 64.5 Å². The van der Waals surface area contributed by atoms with Crippen molar-refractivity contribution in [3.05, 3.63) is 69.7 Å². The Morgan fingerprint density at radius 2 is 0.971 bits per heavy atom. The molecule has 0 bridgehead atoms. The summed E-state index contributed by atoms with van der Waals surface area (Å²) in [5.74, 6) is 1.36. The van der Waals surface area contributed by atoms with Crippen LogP contribution in [0, 0.1) is 22.7 Å². The summed E-state index contributed by atoms with van der Waals surface area (Å²) in [5.41, 5.74) is 3.81. The average molecular weight is 502 g/mol. The quantitative estimate of drug-likeness (QED) is 0.395. The van der Waals surface area contributed by atoms with Crippen LogP contribution in [0.2, 0.25) is 10.0 Å². The van der Waals surface area contributed by atoms with E-state index in [2.05, 4.69) is 52.0 Å². The van der Waals surface area contributed by atoms with E-state index >= 15 is 0 Å². The van der Waals surface area contributed by atoms with Crippen molar-refractivity contribution in [1.82, 2.24) is 0 Å². The zero-order valence-corrected chi connectivity index (χ0v) is 22.5. The van der Waals surface area contributed by atoms with Crippen molar-refractivity contribution in [3.8, 4) is 0 Å². The first kappa shape index (κ1) is 24.6. The van der Waals surface area contributed by atoms with Crippen LogP contribution in [0.25, 0.3) is 0 Å². The Labute approximate surface area is 215 Å². The maximum atomic E-state index is 5.92. The minimum atomic E-state index is 0.173. The molecule has 2 saturated heterocycles. The van der Waals surface area contributed by atoms with E-state index in [0.717, 1.165) is 36.1 Å². The number of halogens is 2. The van der Waals surface area contributed by atoms with E-state index in [1.54, 1.807) is 0 Å². The van der Waals surface area contributed by atoms with Crippen molar-refractivity contribution in [2.24, 2.45) is 22.7 Å². The molecule has 4 fully saturated rings. The number of ether oxygens (including phenoxy) is 2.